The van der Waals surface area contributed by atoms with Gasteiger partial charge in [-0.25, -0.2) is 0 Å². The van der Waals surface area contributed by atoms with Crippen LogP contribution >= 0.6 is 0 Å². The van der Waals surface area contributed by atoms with Gasteiger partial charge in [0.05, 0.1) is 18.8 Å². The Morgan fingerprint density at radius 2 is 1.88 bits per heavy atom. The van der Waals surface area contributed by atoms with E-state index >= 15 is 0 Å². The molecule has 25 heavy (non-hydrogen) atoms. The van der Waals surface area contributed by atoms with Crippen LogP contribution in [-0.4, -0.2) is 37.3 Å². The Bertz CT molecular complexity index is 676. The van der Waals surface area contributed by atoms with Crippen molar-refractivity contribution in [2.75, 3.05) is 26.3 Å². The minimum atomic E-state index is -4.32. The van der Waals surface area contributed by atoms with Crippen LogP contribution in [0.5, 0.6) is 5.75 Å². The molecule has 1 heterocycles. The van der Waals surface area contributed by atoms with Gasteiger partial charge in [-0.05, 0) is 23.8 Å². The second-order valence-electron chi connectivity index (χ2n) is 6.06. The number of benzene rings is 2. The second-order valence-corrected chi connectivity index (χ2v) is 6.06. The third-order valence-corrected chi connectivity index (χ3v) is 4.02. The van der Waals surface area contributed by atoms with E-state index in [9.17, 15) is 13.2 Å². The fourth-order valence-corrected chi connectivity index (χ4v) is 2.85. The van der Waals surface area contributed by atoms with Gasteiger partial charge in [-0.2, -0.15) is 13.2 Å². The van der Waals surface area contributed by atoms with Gasteiger partial charge in [-0.3, -0.25) is 4.90 Å². The van der Waals surface area contributed by atoms with Crippen molar-refractivity contribution in [3.63, 3.8) is 0 Å². The van der Waals surface area contributed by atoms with Crippen molar-refractivity contribution in [3.8, 4) is 5.75 Å². The molecule has 0 spiro atoms. The molecule has 1 fully saturated rings. The monoisotopic (exact) mass is 351 g/mol. The molecule has 0 aliphatic carbocycles. The first-order chi connectivity index (χ1) is 12.0. The quantitative estimate of drug-likeness (QED) is 0.832. The summed E-state index contributed by atoms with van der Waals surface area (Å²) in [5.74, 6) is 0.761. The molecule has 2 aromatic rings. The Kier molecular flexibility index (Phi) is 5.60. The molecule has 2 aromatic carbocycles. The Morgan fingerprint density at radius 3 is 2.64 bits per heavy atom. The summed E-state index contributed by atoms with van der Waals surface area (Å²) < 4.78 is 50.1. The highest BCUT2D eigenvalue weighted by Crippen LogP contribution is 2.29. The highest BCUT2D eigenvalue weighted by atomic mass is 19.4. The normalized spacial score (nSPS) is 19.4. The lowest BCUT2D eigenvalue weighted by atomic mass is 10.1. The molecular weight excluding hydrogens is 331 g/mol. The van der Waals surface area contributed by atoms with Crippen LogP contribution in [0.15, 0.2) is 54.6 Å². The minimum Gasteiger partial charge on any atom is -0.487 e. The molecule has 3 nitrogen and oxygen atoms in total. The van der Waals surface area contributed by atoms with Gasteiger partial charge in [0, 0.05) is 19.6 Å². The number of nitrogens with zero attached hydrogens (tertiary/aromatic N) is 1. The first-order valence-corrected chi connectivity index (χ1v) is 8.18. The summed E-state index contributed by atoms with van der Waals surface area (Å²) in [4.78, 5) is 2.07. The van der Waals surface area contributed by atoms with Crippen LogP contribution in [-0.2, 0) is 17.5 Å². The van der Waals surface area contributed by atoms with Crippen molar-refractivity contribution in [2.45, 2.75) is 18.8 Å². The molecule has 1 aliphatic rings. The molecule has 0 unspecified atom stereocenters. The van der Waals surface area contributed by atoms with E-state index < -0.39 is 11.7 Å². The first-order valence-electron chi connectivity index (χ1n) is 8.18. The van der Waals surface area contributed by atoms with Crippen molar-refractivity contribution >= 4 is 0 Å². The molecule has 0 radical (unpaired) electrons. The van der Waals surface area contributed by atoms with Gasteiger partial charge in [-0.15, -0.1) is 0 Å². The Balaban J connectivity index is 1.65. The average Bonchev–Trinajstić information content (AvgIpc) is 2.80. The van der Waals surface area contributed by atoms with Crippen LogP contribution in [0.25, 0.3) is 0 Å². The van der Waals surface area contributed by atoms with E-state index in [0.717, 1.165) is 11.8 Å². The van der Waals surface area contributed by atoms with Crippen molar-refractivity contribution in [3.05, 3.63) is 65.7 Å². The molecule has 1 aliphatic heterocycles. The molecule has 1 saturated heterocycles. The molecule has 134 valence electrons. The molecule has 0 N–H and O–H groups in total. The smallest absolute Gasteiger partial charge is 0.416 e. The largest absolute Gasteiger partial charge is 0.487 e. The van der Waals surface area contributed by atoms with E-state index in [4.69, 9.17) is 9.47 Å². The molecule has 0 aromatic heterocycles. The fourth-order valence-electron chi connectivity index (χ4n) is 2.85. The van der Waals surface area contributed by atoms with E-state index in [1.54, 1.807) is 6.07 Å². The van der Waals surface area contributed by atoms with Crippen molar-refractivity contribution in [2.24, 2.45) is 0 Å². The maximum absolute atomic E-state index is 12.9. The molecule has 3 rings (SSSR count). The standard InChI is InChI=1S/C19H20F3NO2/c20-19(21,22)16-6-4-5-15(11-16)12-23-9-10-24-14-18(13-23)25-17-7-2-1-3-8-17/h1-8,11,18H,9-10,12-14H2/t18-/m1/s1. The minimum absolute atomic E-state index is 0.157. The summed E-state index contributed by atoms with van der Waals surface area (Å²) in [7, 11) is 0. The summed E-state index contributed by atoms with van der Waals surface area (Å²) in [6.45, 7) is 2.69. The Morgan fingerprint density at radius 1 is 1.08 bits per heavy atom. The molecule has 1 atom stereocenters. The summed E-state index contributed by atoms with van der Waals surface area (Å²) >= 11 is 0. The highest BCUT2D eigenvalue weighted by molar-refractivity contribution is 5.25. The number of halogens is 3. The van der Waals surface area contributed by atoms with Gasteiger partial charge in [0.25, 0.3) is 0 Å². The van der Waals surface area contributed by atoms with Gasteiger partial charge in [-0.1, -0.05) is 36.4 Å². The average molecular weight is 351 g/mol. The number of hydrogen-bond donors (Lipinski definition) is 0. The van der Waals surface area contributed by atoms with Gasteiger partial charge >= 0.3 is 6.18 Å². The van der Waals surface area contributed by atoms with Crippen LogP contribution in [0, 0.1) is 0 Å². The lowest BCUT2D eigenvalue weighted by Crippen LogP contribution is -2.35. The van der Waals surface area contributed by atoms with Crippen LogP contribution < -0.4 is 4.74 Å². The van der Waals surface area contributed by atoms with Gasteiger partial charge in [0.1, 0.15) is 11.9 Å². The highest BCUT2D eigenvalue weighted by Gasteiger charge is 2.30. The second kappa shape index (κ2) is 7.89. The van der Waals surface area contributed by atoms with Crippen LogP contribution in [0.4, 0.5) is 13.2 Å². The first kappa shape index (κ1) is 17.8. The number of alkyl halides is 3. The zero-order chi connectivity index (χ0) is 17.7. The van der Waals surface area contributed by atoms with Gasteiger partial charge in [0.15, 0.2) is 0 Å². The lowest BCUT2D eigenvalue weighted by Gasteiger charge is -2.24. The predicted octanol–water partition coefficient (Wildman–Crippen LogP) is 3.99. The topological polar surface area (TPSA) is 21.7 Å². The third kappa shape index (κ3) is 5.21. The molecule has 6 heteroatoms. The fraction of sp³-hybridized carbons (Fsp3) is 0.368. The van der Waals surface area contributed by atoms with Crippen LogP contribution in [0.1, 0.15) is 11.1 Å². The summed E-state index contributed by atoms with van der Waals surface area (Å²) in [6.07, 6.45) is -4.48. The number of rotatable bonds is 4. The summed E-state index contributed by atoms with van der Waals surface area (Å²) in [6, 6.07) is 14.9. The Labute approximate surface area is 145 Å². The zero-order valence-electron chi connectivity index (χ0n) is 13.7. The van der Waals surface area contributed by atoms with Crippen LogP contribution in [0.3, 0.4) is 0 Å². The number of ether oxygens (including phenoxy) is 2. The van der Waals surface area contributed by atoms with Gasteiger partial charge in [0.2, 0.25) is 0 Å². The molecular formula is C19H20F3NO2. The van der Waals surface area contributed by atoms with Crippen molar-refractivity contribution in [1.29, 1.82) is 0 Å². The van der Waals surface area contributed by atoms with Crippen LogP contribution in [0.2, 0.25) is 0 Å². The van der Waals surface area contributed by atoms with E-state index in [1.165, 1.54) is 12.1 Å². The molecule has 0 amide bonds. The number of hydrogen-bond acceptors (Lipinski definition) is 3. The van der Waals surface area contributed by atoms with E-state index in [0.29, 0.717) is 38.4 Å². The third-order valence-electron chi connectivity index (χ3n) is 4.02. The maximum atomic E-state index is 12.9. The Hall–Kier alpha value is -2.05. The zero-order valence-corrected chi connectivity index (χ0v) is 13.7. The lowest BCUT2D eigenvalue weighted by molar-refractivity contribution is -0.137. The molecule has 0 bridgehead atoms. The van der Waals surface area contributed by atoms with E-state index in [1.807, 2.05) is 30.3 Å². The number of para-hydroxylation sites is 1. The van der Waals surface area contributed by atoms with Crippen molar-refractivity contribution in [1.82, 2.24) is 4.90 Å². The van der Waals surface area contributed by atoms with Gasteiger partial charge < -0.3 is 9.47 Å². The SMILES string of the molecule is FC(F)(F)c1cccc(CN2CCOC[C@H](Oc3ccccc3)C2)c1. The van der Waals surface area contributed by atoms with Crippen molar-refractivity contribution < 1.29 is 22.6 Å². The predicted molar refractivity (Wildman–Crippen MR) is 88.4 cm³/mol. The summed E-state index contributed by atoms with van der Waals surface area (Å²) in [5.41, 5.74) is 0.0170. The molecule has 0 saturated carbocycles. The maximum Gasteiger partial charge on any atom is 0.416 e. The van der Waals surface area contributed by atoms with E-state index in [2.05, 4.69) is 4.90 Å². The van der Waals surface area contributed by atoms with E-state index in [-0.39, 0.29) is 6.10 Å². The summed E-state index contributed by atoms with van der Waals surface area (Å²) in [5, 5.41) is 0.